The molecule has 0 rings (SSSR count). The molecule has 0 amide bonds. The van der Waals surface area contributed by atoms with E-state index in [0.29, 0.717) is 0 Å². The van der Waals surface area contributed by atoms with Crippen LogP contribution in [0.1, 0.15) is 41.5 Å². The fourth-order valence-electron chi connectivity index (χ4n) is 0.500. The van der Waals surface area contributed by atoms with Crippen molar-refractivity contribution in [1.29, 1.82) is 0 Å². The maximum Gasteiger partial charge on any atom is 2.00 e. The van der Waals surface area contributed by atoms with E-state index in [1.807, 2.05) is 0 Å². The van der Waals surface area contributed by atoms with Crippen LogP contribution in [0.4, 0.5) is 0 Å². The standard InChI is InChI=1S/2C4H11O3P.Ca/c2*1-4(2,3)7-8(5)6;/h2*8H,1-3H3,(H,5,6);/q;;+2/p-2. The molecule has 6 nitrogen and oxygen atoms in total. The molecule has 0 spiro atoms. The van der Waals surface area contributed by atoms with Gasteiger partial charge in [-0.3, -0.25) is 0 Å². The van der Waals surface area contributed by atoms with E-state index in [2.05, 4.69) is 9.05 Å². The molecule has 0 aliphatic rings. The van der Waals surface area contributed by atoms with Gasteiger partial charge in [-0.1, -0.05) is 0 Å². The van der Waals surface area contributed by atoms with Crippen molar-refractivity contribution in [3.05, 3.63) is 0 Å². The van der Waals surface area contributed by atoms with Crippen LogP contribution in [-0.4, -0.2) is 48.9 Å². The average molecular weight is 314 g/mol. The van der Waals surface area contributed by atoms with Gasteiger partial charge in [-0.25, -0.2) is 0 Å². The second-order valence-corrected chi connectivity index (χ2v) is 6.34. The third-order valence-electron chi connectivity index (χ3n) is 0.779. The van der Waals surface area contributed by atoms with Gasteiger partial charge in [0.25, 0.3) is 0 Å². The van der Waals surface area contributed by atoms with Crippen LogP contribution in [0.3, 0.4) is 0 Å². The fraction of sp³-hybridized carbons (Fsp3) is 1.00. The minimum atomic E-state index is -2.99. The zero-order valence-electron chi connectivity index (χ0n) is 11.2. The molecule has 0 N–H and O–H groups in total. The fourth-order valence-corrected chi connectivity index (χ4v) is 1.50. The van der Waals surface area contributed by atoms with Gasteiger partial charge in [0.15, 0.2) is 0 Å². The molecule has 2 unspecified atom stereocenters. The minimum absolute atomic E-state index is 0. The SMILES string of the molecule is CC(C)(C)O[PH](=O)[O-].CC(C)(C)O[PH](=O)[O-].[Ca+2]. The summed E-state index contributed by atoms with van der Waals surface area (Å²) in [6, 6.07) is 0. The summed E-state index contributed by atoms with van der Waals surface area (Å²) >= 11 is 0. The van der Waals surface area contributed by atoms with Crippen molar-refractivity contribution >= 4 is 54.2 Å². The second-order valence-electron chi connectivity index (χ2n) is 4.93. The van der Waals surface area contributed by atoms with Gasteiger partial charge in [-0.2, -0.15) is 0 Å². The van der Waals surface area contributed by atoms with E-state index in [4.69, 9.17) is 0 Å². The Hall–Kier alpha value is 1.56. The van der Waals surface area contributed by atoms with Crippen LogP contribution in [-0.2, 0) is 18.2 Å². The summed E-state index contributed by atoms with van der Waals surface area (Å²) in [4.78, 5) is 19.7. The monoisotopic (exact) mass is 314 g/mol. The van der Waals surface area contributed by atoms with Crippen molar-refractivity contribution in [3.63, 3.8) is 0 Å². The van der Waals surface area contributed by atoms with Crippen LogP contribution in [0.25, 0.3) is 0 Å². The first-order valence-electron chi connectivity index (χ1n) is 4.63. The third-order valence-corrected chi connectivity index (χ3v) is 2.34. The van der Waals surface area contributed by atoms with E-state index in [1.54, 1.807) is 41.5 Å². The van der Waals surface area contributed by atoms with Gasteiger partial charge in [0.05, 0.1) is 11.2 Å². The second kappa shape index (κ2) is 10.4. The maximum atomic E-state index is 9.87. The topological polar surface area (TPSA) is 98.7 Å². The summed E-state index contributed by atoms with van der Waals surface area (Å²) in [5.41, 5.74) is -1.12. The Morgan fingerprint density at radius 1 is 0.765 bits per heavy atom. The molecule has 0 aliphatic carbocycles. The third kappa shape index (κ3) is 31.8. The van der Waals surface area contributed by atoms with E-state index < -0.39 is 27.7 Å². The van der Waals surface area contributed by atoms with E-state index in [-0.39, 0.29) is 37.7 Å². The molecule has 2 atom stereocenters. The largest absolute Gasteiger partial charge is 2.00 e. The number of hydrogen-bond donors (Lipinski definition) is 0. The predicted molar refractivity (Wildman–Crippen MR) is 65.4 cm³/mol. The van der Waals surface area contributed by atoms with Crippen molar-refractivity contribution in [3.8, 4) is 0 Å². The molecule has 0 aromatic heterocycles. The normalized spacial score (nSPS) is 15.1. The quantitative estimate of drug-likeness (QED) is 0.550. The molecule has 0 aromatic carbocycles. The Labute approximate surface area is 134 Å². The summed E-state index contributed by atoms with van der Waals surface area (Å²) < 4.78 is 28.6. The van der Waals surface area contributed by atoms with Gasteiger partial charge in [0.1, 0.15) is 16.5 Å². The van der Waals surface area contributed by atoms with Crippen molar-refractivity contribution in [2.45, 2.75) is 52.7 Å². The van der Waals surface area contributed by atoms with Gasteiger partial charge in [-0.05, 0) is 41.5 Å². The number of rotatable bonds is 2. The summed E-state index contributed by atoms with van der Waals surface area (Å²) in [6.45, 7) is 10.1. The molecule has 0 aromatic rings. The molecule has 0 radical (unpaired) electrons. The smallest absolute Gasteiger partial charge is 0.781 e. The maximum absolute atomic E-state index is 9.87. The Morgan fingerprint density at radius 3 is 0.941 bits per heavy atom. The first kappa shape index (κ1) is 23.6. The molecule has 0 aliphatic heterocycles. The average Bonchev–Trinajstić information content (AvgIpc) is 1.72. The summed E-state index contributed by atoms with van der Waals surface area (Å²) in [5, 5.41) is 0. The first-order valence-corrected chi connectivity index (χ1v) is 7.08. The molecule has 0 bridgehead atoms. The Bertz CT molecular complexity index is 219. The van der Waals surface area contributed by atoms with Gasteiger partial charge in [0.2, 0.25) is 0 Å². The van der Waals surface area contributed by atoms with Crippen LogP contribution in [0.2, 0.25) is 0 Å². The zero-order chi connectivity index (χ0) is 13.6. The molecule has 0 saturated heterocycles. The van der Waals surface area contributed by atoms with Gasteiger partial charge < -0.3 is 28.0 Å². The Morgan fingerprint density at radius 2 is 0.941 bits per heavy atom. The Balaban J connectivity index is -0.000000218. The van der Waals surface area contributed by atoms with Crippen LogP contribution in [0.5, 0.6) is 0 Å². The number of hydrogen-bond acceptors (Lipinski definition) is 6. The van der Waals surface area contributed by atoms with E-state index in [9.17, 15) is 18.9 Å². The molecular formula is C8H20CaO6P2. The van der Waals surface area contributed by atoms with Crippen LogP contribution in [0, 0.1) is 0 Å². The summed E-state index contributed by atoms with van der Waals surface area (Å²) in [6.07, 6.45) is 0. The minimum Gasteiger partial charge on any atom is -0.781 e. The first-order chi connectivity index (χ1) is 6.83. The molecule has 0 heterocycles. The van der Waals surface area contributed by atoms with E-state index in [0.717, 1.165) is 0 Å². The molecule has 0 fully saturated rings. The molecule has 17 heavy (non-hydrogen) atoms. The van der Waals surface area contributed by atoms with Crippen molar-refractivity contribution in [2.75, 3.05) is 0 Å². The molecule has 9 heteroatoms. The van der Waals surface area contributed by atoms with Gasteiger partial charge in [0, 0.05) is 0 Å². The Kier molecular flexibility index (Phi) is 14.4. The van der Waals surface area contributed by atoms with Crippen molar-refractivity contribution < 1.29 is 28.0 Å². The predicted octanol–water partition coefficient (Wildman–Crippen LogP) is 0.722. The zero-order valence-corrected chi connectivity index (χ0v) is 15.4. The van der Waals surface area contributed by atoms with Crippen molar-refractivity contribution in [2.24, 2.45) is 0 Å². The van der Waals surface area contributed by atoms with Crippen LogP contribution >= 0.6 is 16.5 Å². The molecule has 0 saturated carbocycles. The van der Waals surface area contributed by atoms with Gasteiger partial charge in [-0.15, -0.1) is 0 Å². The molecule has 100 valence electrons. The van der Waals surface area contributed by atoms with Crippen molar-refractivity contribution in [1.82, 2.24) is 0 Å². The van der Waals surface area contributed by atoms with Crippen LogP contribution < -0.4 is 9.79 Å². The van der Waals surface area contributed by atoms with Crippen LogP contribution in [0.15, 0.2) is 0 Å². The van der Waals surface area contributed by atoms with E-state index >= 15 is 0 Å². The summed E-state index contributed by atoms with van der Waals surface area (Å²) in [7, 11) is -5.98. The van der Waals surface area contributed by atoms with E-state index in [1.165, 1.54) is 0 Å². The van der Waals surface area contributed by atoms with Gasteiger partial charge >= 0.3 is 37.7 Å². The summed E-state index contributed by atoms with van der Waals surface area (Å²) in [5.74, 6) is 0. The molecular weight excluding hydrogens is 294 g/mol.